The SMILES string of the molecule is CCCCCCCc1ccc(C(=O)Oc2ccc(OCC(C)CC)cc2-c2cnccn2)cc1. The molecule has 0 fully saturated rings. The Balaban J connectivity index is 1.70. The monoisotopic (exact) mass is 460 g/mol. The van der Waals surface area contributed by atoms with E-state index in [1.165, 1.54) is 37.7 Å². The molecular formula is C29H36N2O3. The zero-order valence-corrected chi connectivity index (χ0v) is 20.6. The van der Waals surface area contributed by atoms with Gasteiger partial charge in [-0.05, 0) is 54.7 Å². The largest absolute Gasteiger partial charge is 0.493 e. The predicted molar refractivity (Wildman–Crippen MR) is 136 cm³/mol. The first kappa shape index (κ1) is 25.4. The zero-order valence-electron chi connectivity index (χ0n) is 20.6. The van der Waals surface area contributed by atoms with Crippen molar-refractivity contribution >= 4 is 5.97 Å². The van der Waals surface area contributed by atoms with Gasteiger partial charge in [-0.15, -0.1) is 0 Å². The van der Waals surface area contributed by atoms with Gasteiger partial charge in [0.2, 0.25) is 0 Å². The van der Waals surface area contributed by atoms with Crippen LogP contribution >= 0.6 is 0 Å². The van der Waals surface area contributed by atoms with E-state index in [0.29, 0.717) is 40.8 Å². The fourth-order valence-corrected chi connectivity index (χ4v) is 3.58. The average Bonchev–Trinajstić information content (AvgIpc) is 2.88. The van der Waals surface area contributed by atoms with E-state index in [4.69, 9.17) is 9.47 Å². The van der Waals surface area contributed by atoms with E-state index in [-0.39, 0.29) is 0 Å². The quantitative estimate of drug-likeness (QED) is 0.152. The third-order valence-corrected chi connectivity index (χ3v) is 5.98. The molecule has 0 N–H and O–H groups in total. The minimum atomic E-state index is -0.395. The highest BCUT2D eigenvalue weighted by Crippen LogP contribution is 2.33. The lowest BCUT2D eigenvalue weighted by atomic mass is 10.0. The molecule has 0 aliphatic rings. The van der Waals surface area contributed by atoms with Crippen LogP contribution in [0.2, 0.25) is 0 Å². The third-order valence-electron chi connectivity index (χ3n) is 5.98. The summed E-state index contributed by atoms with van der Waals surface area (Å²) >= 11 is 0. The lowest BCUT2D eigenvalue weighted by molar-refractivity contribution is 0.0735. The van der Waals surface area contributed by atoms with Gasteiger partial charge in [0.25, 0.3) is 0 Å². The number of aromatic nitrogens is 2. The van der Waals surface area contributed by atoms with Crippen LogP contribution in [0.3, 0.4) is 0 Å². The molecule has 5 nitrogen and oxygen atoms in total. The van der Waals surface area contributed by atoms with Crippen LogP contribution in [-0.2, 0) is 6.42 Å². The van der Waals surface area contributed by atoms with Crippen molar-refractivity contribution in [2.24, 2.45) is 5.92 Å². The molecule has 34 heavy (non-hydrogen) atoms. The number of benzene rings is 2. The Morgan fingerprint density at radius 3 is 2.47 bits per heavy atom. The van der Waals surface area contributed by atoms with Crippen LogP contribution in [-0.4, -0.2) is 22.5 Å². The van der Waals surface area contributed by atoms with E-state index < -0.39 is 5.97 Å². The molecule has 0 bridgehead atoms. The molecule has 0 aliphatic carbocycles. The van der Waals surface area contributed by atoms with Crippen molar-refractivity contribution in [1.82, 2.24) is 9.97 Å². The molecule has 5 heteroatoms. The van der Waals surface area contributed by atoms with Gasteiger partial charge in [0.15, 0.2) is 0 Å². The molecule has 1 atom stereocenters. The summed E-state index contributed by atoms with van der Waals surface area (Å²) in [5, 5.41) is 0. The van der Waals surface area contributed by atoms with Crippen molar-refractivity contribution in [2.75, 3.05) is 6.61 Å². The van der Waals surface area contributed by atoms with E-state index in [9.17, 15) is 4.79 Å². The van der Waals surface area contributed by atoms with Crippen molar-refractivity contribution in [3.05, 3.63) is 72.2 Å². The molecule has 3 rings (SSSR count). The number of carbonyl (C=O) groups excluding carboxylic acids is 1. The molecule has 2 aromatic carbocycles. The Morgan fingerprint density at radius 2 is 1.76 bits per heavy atom. The van der Waals surface area contributed by atoms with E-state index in [1.54, 1.807) is 24.7 Å². The van der Waals surface area contributed by atoms with Crippen molar-refractivity contribution in [2.45, 2.75) is 65.7 Å². The van der Waals surface area contributed by atoms with Crippen LogP contribution in [0.4, 0.5) is 0 Å². The highest BCUT2D eigenvalue weighted by molar-refractivity contribution is 5.92. The molecule has 180 valence electrons. The first-order valence-electron chi connectivity index (χ1n) is 12.4. The summed E-state index contributed by atoms with van der Waals surface area (Å²) in [6.07, 6.45) is 13.2. The standard InChI is InChI=1S/C29H36N2O3/c1-4-6-7-8-9-10-23-11-13-24(14-12-23)29(32)34-28-16-15-25(33-21-22(3)5-2)19-26(28)27-20-30-17-18-31-27/h11-20,22H,4-10,21H2,1-3H3. The maximum absolute atomic E-state index is 12.9. The molecule has 0 spiro atoms. The van der Waals surface area contributed by atoms with Crippen LogP contribution in [0, 0.1) is 5.92 Å². The molecule has 0 saturated carbocycles. The average molecular weight is 461 g/mol. The van der Waals surface area contributed by atoms with Crippen molar-refractivity contribution in [3.63, 3.8) is 0 Å². The molecule has 1 unspecified atom stereocenters. The Bertz CT molecular complexity index is 1020. The fraction of sp³-hybridized carbons (Fsp3) is 0.414. The fourth-order valence-electron chi connectivity index (χ4n) is 3.58. The second kappa shape index (κ2) is 13.5. The number of unbranched alkanes of at least 4 members (excludes halogenated alkanes) is 4. The van der Waals surface area contributed by atoms with Gasteiger partial charge in [-0.25, -0.2) is 4.79 Å². The van der Waals surface area contributed by atoms with Gasteiger partial charge >= 0.3 is 5.97 Å². The Labute approximate surface area is 203 Å². The Kier molecular flexibility index (Phi) is 10.1. The summed E-state index contributed by atoms with van der Waals surface area (Å²) < 4.78 is 11.7. The number of ether oxygens (including phenoxy) is 2. The number of hydrogen-bond acceptors (Lipinski definition) is 5. The molecule has 0 aliphatic heterocycles. The molecular weight excluding hydrogens is 424 g/mol. The summed E-state index contributed by atoms with van der Waals surface area (Å²) in [6.45, 7) is 7.14. The van der Waals surface area contributed by atoms with Gasteiger partial charge in [0, 0.05) is 18.0 Å². The summed E-state index contributed by atoms with van der Waals surface area (Å²) in [7, 11) is 0. The van der Waals surface area contributed by atoms with E-state index >= 15 is 0 Å². The van der Waals surface area contributed by atoms with Crippen LogP contribution in [0.25, 0.3) is 11.3 Å². The smallest absolute Gasteiger partial charge is 0.343 e. The molecule has 1 heterocycles. The Hall–Kier alpha value is -3.21. The first-order chi connectivity index (χ1) is 16.6. The van der Waals surface area contributed by atoms with Gasteiger partial charge in [-0.3, -0.25) is 9.97 Å². The van der Waals surface area contributed by atoms with Crippen molar-refractivity contribution in [1.29, 1.82) is 0 Å². The van der Waals surface area contributed by atoms with Gasteiger partial charge in [-0.1, -0.05) is 65.0 Å². The van der Waals surface area contributed by atoms with Gasteiger partial charge in [0.05, 0.1) is 24.1 Å². The molecule has 1 aromatic heterocycles. The van der Waals surface area contributed by atoms with E-state index in [0.717, 1.165) is 12.8 Å². The van der Waals surface area contributed by atoms with Crippen molar-refractivity contribution < 1.29 is 14.3 Å². The molecule has 0 saturated heterocycles. The lowest BCUT2D eigenvalue weighted by Crippen LogP contribution is -2.10. The van der Waals surface area contributed by atoms with Crippen molar-refractivity contribution in [3.8, 4) is 22.8 Å². The zero-order chi connectivity index (χ0) is 24.2. The van der Waals surface area contributed by atoms with E-state index in [1.807, 2.05) is 36.4 Å². The number of hydrogen-bond donors (Lipinski definition) is 0. The minimum Gasteiger partial charge on any atom is -0.493 e. The van der Waals surface area contributed by atoms with Crippen LogP contribution in [0.1, 0.15) is 75.2 Å². The summed E-state index contributed by atoms with van der Waals surface area (Å²) in [5.41, 5.74) is 3.07. The third kappa shape index (κ3) is 7.68. The van der Waals surface area contributed by atoms with Crippen LogP contribution < -0.4 is 9.47 Å². The highest BCUT2D eigenvalue weighted by atomic mass is 16.5. The topological polar surface area (TPSA) is 61.3 Å². The maximum atomic E-state index is 12.9. The normalized spacial score (nSPS) is 11.7. The number of aryl methyl sites for hydroxylation is 1. The molecule has 0 radical (unpaired) electrons. The minimum absolute atomic E-state index is 0.395. The number of esters is 1. The summed E-state index contributed by atoms with van der Waals surface area (Å²) in [5.74, 6) is 1.20. The second-order valence-corrected chi connectivity index (χ2v) is 8.82. The Morgan fingerprint density at radius 1 is 0.971 bits per heavy atom. The molecule has 0 amide bonds. The number of rotatable bonds is 13. The number of nitrogens with zero attached hydrogens (tertiary/aromatic N) is 2. The summed E-state index contributed by atoms with van der Waals surface area (Å²) in [4.78, 5) is 21.4. The van der Waals surface area contributed by atoms with Gasteiger partial charge in [-0.2, -0.15) is 0 Å². The van der Waals surface area contributed by atoms with Crippen LogP contribution in [0.5, 0.6) is 11.5 Å². The lowest BCUT2D eigenvalue weighted by Gasteiger charge is -2.14. The summed E-state index contributed by atoms with van der Waals surface area (Å²) in [6, 6.07) is 13.2. The van der Waals surface area contributed by atoms with Gasteiger partial charge < -0.3 is 9.47 Å². The van der Waals surface area contributed by atoms with Gasteiger partial charge in [0.1, 0.15) is 11.5 Å². The number of carbonyl (C=O) groups is 1. The van der Waals surface area contributed by atoms with Crippen LogP contribution in [0.15, 0.2) is 61.1 Å². The predicted octanol–water partition coefficient (Wildman–Crippen LogP) is 7.30. The maximum Gasteiger partial charge on any atom is 0.343 e. The first-order valence-corrected chi connectivity index (χ1v) is 12.4. The molecule has 3 aromatic rings. The highest BCUT2D eigenvalue weighted by Gasteiger charge is 2.16. The second-order valence-electron chi connectivity index (χ2n) is 8.82. The van der Waals surface area contributed by atoms with E-state index in [2.05, 4.69) is 30.7 Å².